The van der Waals surface area contributed by atoms with Crippen LogP contribution in [-0.2, 0) is 33.4 Å². The van der Waals surface area contributed by atoms with Gasteiger partial charge in [0.2, 0.25) is 11.8 Å². The van der Waals surface area contributed by atoms with Gasteiger partial charge in [-0.15, -0.1) is 0 Å². The van der Waals surface area contributed by atoms with Crippen molar-refractivity contribution in [1.82, 2.24) is 10.3 Å². The van der Waals surface area contributed by atoms with E-state index >= 15 is 0 Å². The number of nitrogens with two attached hydrogens (primary N) is 1. The maximum atomic E-state index is 12.8. The number of hydrogen-bond donors (Lipinski definition) is 3. The van der Waals surface area contributed by atoms with Gasteiger partial charge in [-0.3, -0.25) is 9.59 Å². The van der Waals surface area contributed by atoms with Crippen LogP contribution < -0.4 is 16.0 Å². The summed E-state index contributed by atoms with van der Waals surface area (Å²) in [7, 11) is 0. The Balaban J connectivity index is 1.65. The number of nitrogens with zero attached hydrogens (tertiary/aromatic N) is 2. The molecule has 1 aromatic carbocycles. The number of carbonyl (C=O) groups excluding carboxylic acids is 2. The molecule has 1 aliphatic heterocycles. The molecular weight excluding hydrogens is 452 g/mol. The Hall–Kier alpha value is -3.09. The summed E-state index contributed by atoms with van der Waals surface area (Å²) in [6, 6.07) is 7.92. The fraction of sp³-hybridized carbons (Fsp3) is 0.552. The van der Waals surface area contributed by atoms with Crippen molar-refractivity contribution in [3.63, 3.8) is 0 Å². The number of anilines is 1. The molecule has 0 bridgehead atoms. The van der Waals surface area contributed by atoms with Crippen molar-refractivity contribution in [1.29, 1.82) is 0 Å². The van der Waals surface area contributed by atoms with Crippen LogP contribution in [-0.4, -0.2) is 35.0 Å². The molecule has 2 aromatic rings. The van der Waals surface area contributed by atoms with Crippen LogP contribution in [0, 0.1) is 5.92 Å². The lowest BCUT2D eigenvalue weighted by molar-refractivity contribution is -0.122. The van der Waals surface area contributed by atoms with Gasteiger partial charge in [0, 0.05) is 43.7 Å². The molecule has 1 aromatic heterocycles. The Morgan fingerprint density at radius 3 is 2.19 bits per heavy atom. The number of aromatic nitrogens is 1. The summed E-state index contributed by atoms with van der Waals surface area (Å²) in [5.74, 6) is 0.864. The van der Waals surface area contributed by atoms with Crippen LogP contribution in [0.1, 0.15) is 83.1 Å². The zero-order valence-electron chi connectivity index (χ0n) is 22.6. The lowest BCUT2D eigenvalue weighted by Crippen LogP contribution is -2.39. The van der Waals surface area contributed by atoms with E-state index in [4.69, 9.17) is 5.73 Å². The van der Waals surface area contributed by atoms with Crippen molar-refractivity contribution >= 4 is 17.6 Å². The number of aryl methyl sites for hydroxylation is 1. The highest BCUT2D eigenvalue weighted by Gasteiger charge is 2.27. The van der Waals surface area contributed by atoms with E-state index in [9.17, 15) is 14.7 Å². The van der Waals surface area contributed by atoms with E-state index in [0.717, 1.165) is 54.0 Å². The van der Waals surface area contributed by atoms with Gasteiger partial charge in [-0.05, 0) is 52.8 Å². The molecule has 0 spiro atoms. The summed E-state index contributed by atoms with van der Waals surface area (Å²) >= 11 is 0. The molecule has 0 saturated carbocycles. The molecule has 7 heteroatoms. The van der Waals surface area contributed by atoms with Crippen LogP contribution in [0.25, 0.3) is 0 Å². The van der Waals surface area contributed by atoms with Gasteiger partial charge < -0.3 is 21.1 Å². The number of primary amides is 1. The monoisotopic (exact) mass is 494 g/mol. The van der Waals surface area contributed by atoms with Crippen LogP contribution in [0.5, 0.6) is 5.75 Å². The zero-order valence-corrected chi connectivity index (χ0v) is 22.6. The maximum Gasteiger partial charge on any atom is 0.220 e. The SMILES string of the molecule is CC(C)(C)c1cc(CCC(=O)NCc2cccnc2N2CCC(C(N)=O)CC2)cc(C(C)(C)C)c1O. The Kier molecular flexibility index (Phi) is 8.32. The lowest BCUT2D eigenvalue weighted by Gasteiger charge is -2.32. The molecule has 3 rings (SSSR count). The van der Waals surface area contributed by atoms with Gasteiger partial charge in [0.15, 0.2) is 0 Å². The quantitative estimate of drug-likeness (QED) is 0.531. The predicted molar refractivity (Wildman–Crippen MR) is 144 cm³/mol. The Labute approximate surface area is 215 Å². The first-order valence-corrected chi connectivity index (χ1v) is 12.9. The zero-order chi connectivity index (χ0) is 26.7. The first-order chi connectivity index (χ1) is 16.8. The van der Waals surface area contributed by atoms with Gasteiger partial charge in [0.1, 0.15) is 11.6 Å². The van der Waals surface area contributed by atoms with Gasteiger partial charge in [-0.1, -0.05) is 59.7 Å². The largest absolute Gasteiger partial charge is 0.507 e. The number of hydrogen-bond acceptors (Lipinski definition) is 5. The second-order valence-electron chi connectivity index (χ2n) is 12.0. The Bertz CT molecular complexity index is 1060. The van der Waals surface area contributed by atoms with Gasteiger partial charge in [-0.25, -0.2) is 4.98 Å². The van der Waals surface area contributed by atoms with Crippen molar-refractivity contribution in [2.24, 2.45) is 11.7 Å². The molecule has 2 heterocycles. The molecule has 1 fully saturated rings. The number of pyridine rings is 1. The molecule has 1 saturated heterocycles. The van der Waals surface area contributed by atoms with Crippen molar-refractivity contribution in [2.45, 2.75) is 84.6 Å². The molecule has 36 heavy (non-hydrogen) atoms. The third-order valence-electron chi connectivity index (χ3n) is 6.97. The number of amides is 2. The molecule has 0 aliphatic carbocycles. The first kappa shape index (κ1) is 27.5. The van der Waals surface area contributed by atoms with E-state index in [1.165, 1.54) is 0 Å². The summed E-state index contributed by atoms with van der Waals surface area (Å²) in [5.41, 5.74) is 8.88. The molecular formula is C29H42N4O3. The molecule has 2 amide bonds. The van der Waals surface area contributed by atoms with Gasteiger partial charge in [0.25, 0.3) is 0 Å². The van der Waals surface area contributed by atoms with Crippen molar-refractivity contribution in [2.75, 3.05) is 18.0 Å². The van der Waals surface area contributed by atoms with E-state index in [2.05, 4.69) is 56.7 Å². The Morgan fingerprint density at radius 1 is 1.08 bits per heavy atom. The summed E-state index contributed by atoms with van der Waals surface area (Å²) in [4.78, 5) is 31.0. The van der Waals surface area contributed by atoms with Crippen LogP contribution in [0.2, 0.25) is 0 Å². The molecule has 7 nitrogen and oxygen atoms in total. The highest BCUT2D eigenvalue weighted by atomic mass is 16.3. The summed E-state index contributed by atoms with van der Waals surface area (Å²) < 4.78 is 0. The van der Waals surface area contributed by atoms with Crippen LogP contribution in [0.15, 0.2) is 30.5 Å². The molecule has 0 unspecified atom stereocenters. The normalized spacial score (nSPS) is 15.1. The third kappa shape index (κ3) is 6.77. The minimum absolute atomic E-state index is 0.0278. The Morgan fingerprint density at radius 2 is 1.67 bits per heavy atom. The molecule has 0 atom stereocenters. The number of phenols is 1. The van der Waals surface area contributed by atoms with E-state index in [1.807, 2.05) is 24.3 Å². The highest BCUT2D eigenvalue weighted by Crippen LogP contribution is 2.40. The number of nitrogens with one attached hydrogen (secondary N) is 1. The first-order valence-electron chi connectivity index (χ1n) is 12.9. The summed E-state index contributed by atoms with van der Waals surface area (Å²) in [6.07, 6.45) is 4.15. The van der Waals surface area contributed by atoms with Crippen molar-refractivity contribution in [3.8, 4) is 5.75 Å². The topological polar surface area (TPSA) is 109 Å². The van der Waals surface area contributed by atoms with Gasteiger partial charge >= 0.3 is 0 Å². The minimum atomic E-state index is -0.235. The van der Waals surface area contributed by atoms with Crippen LogP contribution in [0.3, 0.4) is 0 Å². The molecule has 1 aliphatic rings. The number of piperidine rings is 1. The van der Waals surface area contributed by atoms with E-state index in [-0.39, 0.29) is 28.6 Å². The molecule has 0 radical (unpaired) electrons. The minimum Gasteiger partial charge on any atom is -0.507 e. The molecule has 4 N–H and O–H groups in total. The van der Waals surface area contributed by atoms with Crippen LogP contribution >= 0.6 is 0 Å². The van der Waals surface area contributed by atoms with E-state index < -0.39 is 0 Å². The number of aromatic hydroxyl groups is 1. The number of carbonyl (C=O) groups is 2. The standard InChI is InChI=1S/C29H42N4O3/c1-28(2,3)22-16-19(17-23(25(22)35)29(4,5)6)9-10-24(34)32-18-21-8-7-13-31-27(21)33-14-11-20(12-15-33)26(30)36/h7-8,13,16-17,20,35H,9-12,14-15,18H2,1-6H3,(H2,30,36)(H,32,34). The fourth-order valence-corrected chi connectivity index (χ4v) is 4.75. The second-order valence-corrected chi connectivity index (χ2v) is 12.0. The maximum absolute atomic E-state index is 12.8. The van der Waals surface area contributed by atoms with E-state index in [1.54, 1.807) is 6.20 Å². The summed E-state index contributed by atoms with van der Waals surface area (Å²) in [5, 5.41) is 14.0. The highest BCUT2D eigenvalue weighted by molar-refractivity contribution is 5.77. The van der Waals surface area contributed by atoms with Crippen molar-refractivity contribution in [3.05, 3.63) is 52.7 Å². The van der Waals surface area contributed by atoms with E-state index in [0.29, 0.717) is 25.1 Å². The lowest BCUT2D eigenvalue weighted by atomic mass is 9.78. The smallest absolute Gasteiger partial charge is 0.220 e. The third-order valence-corrected chi connectivity index (χ3v) is 6.97. The average Bonchev–Trinajstić information content (AvgIpc) is 2.80. The van der Waals surface area contributed by atoms with Crippen LogP contribution in [0.4, 0.5) is 5.82 Å². The number of phenolic OH excluding ortho intramolecular Hbond substituents is 1. The second kappa shape index (κ2) is 10.9. The van der Waals surface area contributed by atoms with Gasteiger partial charge in [-0.2, -0.15) is 0 Å². The molecule has 196 valence electrons. The number of rotatable bonds is 7. The number of benzene rings is 1. The fourth-order valence-electron chi connectivity index (χ4n) is 4.75. The predicted octanol–water partition coefficient (Wildman–Crippen LogP) is 4.33. The van der Waals surface area contributed by atoms with Crippen molar-refractivity contribution < 1.29 is 14.7 Å². The average molecular weight is 495 g/mol. The van der Waals surface area contributed by atoms with Gasteiger partial charge in [0.05, 0.1) is 0 Å². The summed E-state index contributed by atoms with van der Waals surface area (Å²) in [6.45, 7) is 14.4.